The van der Waals surface area contributed by atoms with Gasteiger partial charge in [0.15, 0.2) is 12.4 Å². The van der Waals surface area contributed by atoms with E-state index < -0.39 is 71.2 Å². The van der Waals surface area contributed by atoms with Crippen molar-refractivity contribution in [3.05, 3.63) is 85.1 Å². The van der Waals surface area contributed by atoms with Gasteiger partial charge in [-0.1, -0.05) is 118 Å². The highest BCUT2D eigenvalue weighted by Crippen LogP contribution is 2.24. The van der Waals surface area contributed by atoms with Crippen molar-refractivity contribution in [2.45, 2.75) is 166 Å². The molecule has 1 saturated heterocycles. The van der Waals surface area contributed by atoms with Crippen LogP contribution in [0.15, 0.2) is 85.1 Å². The summed E-state index contributed by atoms with van der Waals surface area (Å²) in [6.07, 6.45) is 34.9. The molecule has 1 heterocycles. The Bertz CT molecular complexity index is 1400. The highest BCUT2D eigenvalue weighted by atomic mass is 32.2. The lowest BCUT2D eigenvalue weighted by Crippen LogP contribution is -2.60. The first kappa shape index (κ1) is 52.8. The van der Waals surface area contributed by atoms with Gasteiger partial charge in [0.1, 0.15) is 36.8 Å². The standard InChI is InChI=1S/C45H72O12S/c1-3-5-7-9-11-13-15-17-18-19-20-22-24-26-28-30-32-34-41(47)56-38(36-55-45-44(50)43(49)42(48)39(57-45)37-58(51,52)53)35-54-40(46)33-31-29-27-25-23-21-16-14-12-10-8-6-4-2/h5-8,11-14,17-18,20-23,38-39,42-45,48-50H,3-4,9-10,15-16,19,24-37H2,1-2H3,(H,51,52,53)/b7-5-,8-6-,13-11-,14-12-,18-17-,22-20-,23-21-. The number of aliphatic hydroxyl groups excluding tert-OH is 3. The average molecular weight is 837 g/mol. The van der Waals surface area contributed by atoms with Crippen LogP contribution in [0.4, 0.5) is 0 Å². The molecule has 330 valence electrons. The monoisotopic (exact) mass is 836 g/mol. The van der Waals surface area contributed by atoms with Crippen molar-refractivity contribution in [1.29, 1.82) is 0 Å². The minimum atomic E-state index is -4.61. The van der Waals surface area contributed by atoms with Crippen LogP contribution in [0.3, 0.4) is 0 Å². The van der Waals surface area contributed by atoms with E-state index in [4.69, 9.17) is 18.9 Å². The Morgan fingerprint density at radius 3 is 1.53 bits per heavy atom. The van der Waals surface area contributed by atoms with Crippen LogP contribution in [0.2, 0.25) is 0 Å². The number of esters is 2. The molecule has 0 amide bonds. The molecular weight excluding hydrogens is 765 g/mol. The Morgan fingerprint density at radius 1 is 0.586 bits per heavy atom. The van der Waals surface area contributed by atoms with Gasteiger partial charge in [-0.15, -0.1) is 0 Å². The summed E-state index contributed by atoms with van der Waals surface area (Å²) in [5.41, 5.74) is 0. The summed E-state index contributed by atoms with van der Waals surface area (Å²) in [6, 6.07) is 0. The first-order valence-corrected chi connectivity index (χ1v) is 22.8. The fourth-order valence-electron chi connectivity index (χ4n) is 5.74. The van der Waals surface area contributed by atoms with Gasteiger partial charge < -0.3 is 34.3 Å². The Hall–Kier alpha value is -3.17. The molecule has 6 unspecified atom stereocenters. The van der Waals surface area contributed by atoms with Crippen molar-refractivity contribution >= 4 is 22.1 Å². The number of unbranched alkanes of at least 4 members (excludes halogenated alkanes) is 7. The van der Waals surface area contributed by atoms with Crippen LogP contribution in [0.5, 0.6) is 0 Å². The van der Waals surface area contributed by atoms with Gasteiger partial charge in [0.25, 0.3) is 10.1 Å². The molecule has 0 radical (unpaired) electrons. The molecule has 12 nitrogen and oxygen atoms in total. The molecule has 6 atom stereocenters. The first-order valence-electron chi connectivity index (χ1n) is 21.1. The van der Waals surface area contributed by atoms with Crippen LogP contribution in [-0.4, -0.2) is 96.0 Å². The summed E-state index contributed by atoms with van der Waals surface area (Å²) in [5.74, 6) is -2.07. The van der Waals surface area contributed by atoms with Gasteiger partial charge in [-0.25, -0.2) is 0 Å². The highest BCUT2D eigenvalue weighted by molar-refractivity contribution is 7.85. The Labute approximate surface area is 348 Å². The number of hydrogen-bond donors (Lipinski definition) is 4. The lowest BCUT2D eigenvalue weighted by atomic mass is 10.00. The molecular formula is C45H72O12S. The molecule has 4 N–H and O–H groups in total. The van der Waals surface area contributed by atoms with E-state index in [2.05, 4.69) is 98.9 Å². The molecule has 0 aliphatic carbocycles. The van der Waals surface area contributed by atoms with Crippen LogP contribution in [0.1, 0.15) is 129 Å². The molecule has 13 heteroatoms. The van der Waals surface area contributed by atoms with Gasteiger partial charge in [-0.3, -0.25) is 14.1 Å². The highest BCUT2D eigenvalue weighted by Gasteiger charge is 2.46. The normalized spacial score (nSPS) is 21.2. The van der Waals surface area contributed by atoms with Crippen LogP contribution in [0.25, 0.3) is 0 Å². The molecule has 1 rings (SSSR count). The SMILES string of the molecule is CC/C=C\C/C=C\C/C=C\C/C=C\CCCCCCC(=O)OC(COC(=O)CCCCC/C=C\C/C=C\C/C=C\CC)COC1OC(CS(=O)(=O)O)C(O)C(O)C1O. The maximum Gasteiger partial charge on any atom is 0.306 e. The maximum absolute atomic E-state index is 12.8. The molecule has 0 spiro atoms. The smallest absolute Gasteiger partial charge is 0.306 e. The predicted octanol–water partition coefficient (Wildman–Crippen LogP) is 8.11. The van der Waals surface area contributed by atoms with Gasteiger partial charge in [0.05, 0.1) is 6.61 Å². The lowest BCUT2D eigenvalue weighted by molar-refractivity contribution is -0.297. The summed E-state index contributed by atoms with van der Waals surface area (Å²) < 4.78 is 53.9. The number of rotatable bonds is 33. The van der Waals surface area contributed by atoms with E-state index in [1.54, 1.807) is 0 Å². The molecule has 1 aliphatic rings. The van der Waals surface area contributed by atoms with Crippen molar-refractivity contribution < 1.29 is 56.8 Å². The fraction of sp³-hybridized carbons (Fsp3) is 0.644. The molecule has 1 aliphatic heterocycles. The molecule has 1 fully saturated rings. The number of carbonyl (C=O) groups excluding carboxylic acids is 2. The molecule has 0 bridgehead atoms. The van der Waals surface area contributed by atoms with E-state index in [0.29, 0.717) is 12.8 Å². The zero-order valence-corrected chi connectivity index (χ0v) is 35.7. The summed E-state index contributed by atoms with van der Waals surface area (Å²) in [4.78, 5) is 25.3. The number of hydrogen-bond acceptors (Lipinski definition) is 11. The predicted molar refractivity (Wildman–Crippen MR) is 228 cm³/mol. The van der Waals surface area contributed by atoms with Crippen LogP contribution in [-0.2, 0) is 38.7 Å². The molecule has 0 aromatic heterocycles. The second-order valence-electron chi connectivity index (χ2n) is 14.2. The summed E-state index contributed by atoms with van der Waals surface area (Å²) in [5, 5.41) is 30.8. The van der Waals surface area contributed by atoms with Crippen molar-refractivity contribution in [2.24, 2.45) is 0 Å². The van der Waals surface area contributed by atoms with Gasteiger partial charge in [0.2, 0.25) is 0 Å². The number of allylic oxidation sites excluding steroid dienone is 14. The summed E-state index contributed by atoms with van der Waals surface area (Å²) in [7, 11) is -4.61. The van der Waals surface area contributed by atoms with E-state index >= 15 is 0 Å². The van der Waals surface area contributed by atoms with Crippen LogP contribution < -0.4 is 0 Å². The van der Waals surface area contributed by atoms with E-state index in [-0.39, 0.29) is 19.4 Å². The summed E-state index contributed by atoms with van der Waals surface area (Å²) >= 11 is 0. The van der Waals surface area contributed by atoms with Crippen molar-refractivity contribution in [1.82, 2.24) is 0 Å². The van der Waals surface area contributed by atoms with Gasteiger partial charge >= 0.3 is 11.9 Å². The number of aliphatic hydroxyl groups is 3. The van der Waals surface area contributed by atoms with E-state index in [1.807, 2.05) is 0 Å². The topological polar surface area (TPSA) is 186 Å². The maximum atomic E-state index is 12.8. The number of carbonyl (C=O) groups is 2. The fourth-order valence-corrected chi connectivity index (χ4v) is 6.43. The largest absolute Gasteiger partial charge is 0.462 e. The van der Waals surface area contributed by atoms with Crippen molar-refractivity contribution in [3.63, 3.8) is 0 Å². The molecule has 58 heavy (non-hydrogen) atoms. The average Bonchev–Trinajstić information content (AvgIpc) is 3.18. The van der Waals surface area contributed by atoms with E-state index in [1.165, 1.54) is 0 Å². The minimum Gasteiger partial charge on any atom is -0.462 e. The van der Waals surface area contributed by atoms with Crippen molar-refractivity contribution in [2.75, 3.05) is 19.0 Å². The first-order chi connectivity index (χ1) is 28.0. The Kier molecular flexibility index (Phi) is 31.6. The second kappa shape index (κ2) is 34.7. The molecule has 0 aromatic carbocycles. The number of ether oxygens (including phenoxy) is 4. The van der Waals surface area contributed by atoms with E-state index in [9.17, 15) is 37.9 Å². The molecule has 0 aromatic rings. The minimum absolute atomic E-state index is 0.124. The zero-order valence-electron chi connectivity index (χ0n) is 34.9. The van der Waals surface area contributed by atoms with E-state index in [0.717, 1.165) is 89.9 Å². The zero-order chi connectivity index (χ0) is 42.7. The lowest BCUT2D eigenvalue weighted by Gasteiger charge is -2.40. The Morgan fingerprint density at radius 2 is 1.03 bits per heavy atom. The van der Waals surface area contributed by atoms with Gasteiger partial charge in [-0.05, 0) is 83.5 Å². The Balaban J connectivity index is 2.53. The van der Waals surface area contributed by atoms with Gasteiger partial charge in [0, 0.05) is 12.8 Å². The van der Waals surface area contributed by atoms with Crippen LogP contribution >= 0.6 is 0 Å². The molecule has 0 saturated carbocycles. The quantitative estimate of drug-likeness (QED) is 0.0216. The third kappa shape index (κ3) is 29.1. The second-order valence-corrected chi connectivity index (χ2v) is 15.7. The third-order valence-electron chi connectivity index (χ3n) is 8.97. The van der Waals surface area contributed by atoms with Crippen LogP contribution in [0, 0.1) is 0 Å². The van der Waals surface area contributed by atoms with Crippen molar-refractivity contribution in [3.8, 4) is 0 Å². The summed E-state index contributed by atoms with van der Waals surface area (Å²) in [6.45, 7) is 3.45. The van der Waals surface area contributed by atoms with Gasteiger partial charge in [-0.2, -0.15) is 8.42 Å². The third-order valence-corrected chi connectivity index (χ3v) is 9.72.